The van der Waals surface area contributed by atoms with Crippen LogP contribution >= 0.6 is 15.9 Å². The van der Waals surface area contributed by atoms with E-state index in [0.29, 0.717) is 0 Å². The van der Waals surface area contributed by atoms with Gasteiger partial charge in [-0.3, -0.25) is 9.97 Å². The summed E-state index contributed by atoms with van der Waals surface area (Å²) in [5.74, 6) is -0.234. The van der Waals surface area contributed by atoms with Crippen molar-refractivity contribution in [2.75, 3.05) is 5.32 Å². The van der Waals surface area contributed by atoms with Gasteiger partial charge >= 0.3 is 0 Å². The fourth-order valence-corrected chi connectivity index (χ4v) is 2.53. The molecular weight excluding hydrogens is 333 g/mol. The van der Waals surface area contributed by atoms with Crippen LogP contribution < -0.4 is 5.32 Å². The summed E-state index contributed by atoms with van der Waals surface area (Å²) in [6.07, 6.45) is 3.47. The molecule has 0 fully saturated rings. The second-order valence-corrected chi connectivity index (χ2v) is 5.72. The maximum absolute atomic E-state index is 13.3. The largest absolute Gasteiger partial charge is 0.377 e. The van der Waals surface area contributed by atoms with E-state index in [9.17, 15) is 4.39 Å². The number of anilines is 1. The van der Waals surface area contributed by atoms with Gasteiger partial charge in [0.15, 0.2) is 0 Å². The van der Waals surface area contributed by atoms with Crippen LogP contribution in [0.1, 0.15) is 18.5 Å². The Morgan fingerprint density at radius 1 is 1.19 bits per heavy atom. The highest BCUT2D eigenvalue weighted by atomic mass is 79.9. The first-order chi connectivity index (χ1) is 10.1. The lowest BCUT2D eigenvalue weighted by molar-refractivity contribution is 0.623. The fourth-order valence-electron chi connectivity index (χ4n) is 2.21. The van der Waals surface area contributed by atoms with Gasteiger partial charge in [0, 0.05) is 22.9 Å². The number of fused-ring (bicyclic) bond motifs is 1. The lowest BCUT2D eigenvalue weighted by atomic mass is 10.1. The molecule has 0 radical (unpaired) electrons. The number of halogens is 2. The molecule has 0 spiro atoms. The molecule has 0 saturated heterocycles. The van der Waals surface area contributed by atoms with E-state index in [4.69, 9.17) is 0 Å². The Morgan fingerprint density at radius 2 is 2.05 bits per heavy atom. The molecule has 3 rings (SSSR count). The van der Waals surface area contributed by atoms with Crippen molar-refractivity contribution in [1.82, 2.24) is 9.97 Å². The molecule has 1 aromatic carbocycles. The van der Waals surface area contributed by atoms with E-state index in [0.717, 1.165) is 26.8 Å². The molecule has 0 aliphatic carbocycles. The monoisotopic (exact) mass is 345 g/mol. The van der Waals surface area contributed by atoms with Crippen LogP contribution in [0.2, 0.25) is 0 Å². The quantitative estimate of drug-likeness (QED) is 0.747. The Bertz CT molecular complexity index is 791. The van der Waals surface area contributed by atoms with Crippen LogP contribution in [0, 0.1) is 5.82 Å². The first-order valence-corrected chi connectivity index (χ1v) is 7.35. The third kappa shape index (κ3) is 3.03. The van der Waals surface area contributed by atoms with Crippen LogP contribution in [-0.4, -0.2) is 9.97 Å². The molecule has 0 bridgehead atoms. The number of rotatable bonds is 3. The summed E-state index contributed by atoms with van der Waals surface area (Å²) in [5.41, 5.74) is 3.37. The van der Waals surface area contributed by atoms with Gasteiger partial charge in [0.2, 0.25) is 0 Å². The molecule has 0 aliphatic heterocycles. The third-order valence-electron chi connectivity index (χ3n) is 3.26. The van der Waals surface area contributed by atoms with E-state index in [-0.39, 0.29) is 11.9 Å². The summed E-state index contributed by atoms with van der Waals surface area (Å²) in [7, 11) is 0. The van der Waals surface area contributed by atoms with E-state index < -0.39 is 0 Å². The smallest absolute Gasteiger partial charge is 0.123 e. The molecule has 0 saturated carbocycles. The highest BCUT2D eigenvalue weighted by Crippen LogP contribution is 2.26. The Hall–Kier alpha value is -2.01. The minimum atomic E-state index is -0.234. The molecule has 106 valence electrons. The van der Waals surface area contributed by atoms with Crippen LogP contribution in [-0.2, 0) is 0 Å². The summed E-state index contributed by atoms with van der Waals surface area (Å²) in [5, 5.41) is 3.36. The second kappa shape index (κ2) is 5.77. The fraction of sp³-hybridized carbons (Fsp3) is 0.125. The van der Waals surface area contributed by atoms with E-state index in [1.165, 1.54) is 12.1 Å². The van der Waals surface area contributed by atoms with Gasteiger partial charge in [-0.15, -0.1) is 0 Å². The summed E-state index contributed by atoms with van der Waals surface area (Å²) in [6.45, 7) is 1.99. The molecule has 5 heteroatoms. The Labute approximate surface area is 130 Å². The Kier molecular flexibility index (Phi) is 3.84. The van der Waals surface area contributed by atoms with Crippen LogP contribution in [0.4, 0.5) is 10.1 Å². The average molecular weight is 346 g/mol. The molecular formula is C16H13BrFN3. The van der Waals surface area contributed by atoms with Gasteiger partial charge in [0.25, 0.3) is 0 Å². The predicted octanol–water partition coefficient (Wildman–Crippen LogP) is 4.70. The van der Waals surface area contributed by atoms with Crippen molar-refractivity contribution in [2.45, 2.75) is 13.0 Å². The van der Waals surface area contributed by atoms with Crippen molar-refractivity contribution in [3.05, 3.63) is 64.6 Å². The molecule has 2 heterocycles. The molecule has 0 aliphatic rings. The van der Waals surface area contributed by atoms with Crippen molar-refractivity contribution < 1.29 is 4.39 Å². The molecule has 0 amide bonds. The number of pyridine rings is 2. The maximum atomic E-state index is 13.3. The topological polar surface area (TPSA) is 37.8 Å². The minimum Gasteiger partial charge on any atom is -0.377 e. The van der Waals surface area contributed by atoms with Crippen molar-refractivity contribution in [3.63, 3.8) is 0 Å². The van der Waals surface area contributed by atoms with Crippen molar-refractivity contribution in [1.29, 1.82) is 0 Å². The van der Waals surface area contributed by atoms with Crippen LogP contribution in [0.15, 0.2) is 53.3 Å². The Balaban J connectivity index is 1.94. The number of nitrogens with one attached hydrogen (secondary N) is 1. The van der Waals surface area contributed by atoms with Crippen LogP contribution in [0.25, 0.3) is 11.0 Å². The summed E-state index contributed by atoms with van der Waals surface area (Å²) in [6, 6.07) is 10.3. The third-order valence-corrected chi connectivity index (χ3v) is 3.70. The highest BCUT2D eigenvalue weighted by Gasteiger charge is 2.09. The van der Waals surface area contributed by atoms with Gasteiger partial charge in [-0.1, -0.05) is 12.1 Å². The second-order valence-electron chi connectivity index (χ2n) is 4.80. The maximum Gasteiger partial charge on any atom is 0.123 e. The molecule has 3 nitrogen and oxygen atoms in total. The number of hydrogen-bond donors (Lipinski definition) is 1. The molecule has 2 aromatic heterocycles. The van der Waals surface area contributed by atoms with Gasteiger partial charge < -0.3 is 5.32 Å². The standard InChI is InChI=1S/C16H13BrFN3/c1-10(11-3-2-4-13(18)7-11)21-14-5-6-19-15-8-12(17)9-20-16(14)15/h2-10H,1H3,(H,19,21). The average Bonchev–Trinajstić information content (AvgIpc) is 2.47. The zero-order valence-corrected chi connectivity index (χ0v) is 12.9. The summed E-state index contributed by atoms with van der Waals surface area (Å²) >= 11 is 3.39. The van der Waals surface area contributed by atoms with Gasteiger partial charge in [0.1, 0.15) is 11.3 Å². The number of benzene rings is 1. The summed E-state index contributed by atoms with van der Waals surface area (Å²) < 4.78 is 14.2. The van der Waals surface area contributed by atoms with E-state index in [2.05, 4.69) is 31.2 Å². The van der Waals surface area contributed by atoms with Crippen LogP contribution in [0.3, 0.4) is 0 Å². The van der Waals surface area contributed by atoms with Crippen molar-refractivity contribution in [3.8, 4) is 0 Å². The first-order valence-electron chi connectivity index (χ1n) is 6.56. The minimum absolute atomic E-state index is 0.0308. The zero-order valence-electron chi connectivity index (χ0n) is 11.3. The van der Waals surface area contributed by atoms with Gasteiger partial charge in [-0.2, -0.15) is 0 Å². The van der Waals surface area contributed by atoms with Crippen LogP contribution in [0.5, 0.6) is 0 Å². The first kappa shape index (κ1) is 13.9. The molecule has 3 aromatic rings. The zero-order chi connectivity index (χ0) is 14.8. The van der Waals surface area contributed by atoms with E-state index in [1.807, 2.05) is 25.1 Å². The van der Waals surface area contributed by atoms with Gasteiger partial charge in [-0.25, -0.2) is 4.39 Å². The SMILES string of the molecule is CC(Nc1ccnc2cc(Br)cnc12)c1cccc(F)c1. The lowest BCUT2D eigenvalue weighted by Crippen LogP contribution is -2.07. The highest BCUT2D eigenvalue weighted by molar-refractivity contribution is 9.10. The number of aromatic nitrogens is 2. The Morgan fingerprint density at radius 3 is 2.86 bits per heavy atom. The van der Waals surface area contributed by atoms with Gasteiger partial charge in [-0.05, 0) is 52.7 Å². The predicted molar refractivity (Wildman–Crippen MR) is 85.7 cm³/mol. The van der Waals surface area contributed by atoms with E-state index >= 15 is 0 Å². The molecule has 1 unspecified atom stereocenters. The molecule has 1 N–H and O–H groups in total. The lowest BCUT2D eigenvalue weighted by Gasteiger charge is -2.16. The van der Waals surface area contributed by atoms with Gasteiger partial charge in [0.05, 0.1) is 11.2 Å². The van der Waals surface area contributed by atoms with Crippen molar-refractivity contribution in [2.24, 2.45) is 0 Å². The van der Waals surface area contributed by atoms with Crippen molar-refractivity contribution >= 4 is 32.7 Å². The molecule has 1 atom stereocenters. The number of hydrogen-bond acceptors (Lipinski definition) is 3. The molecule has 21 heavy (non-hydrogen) atoms. The van der Waals surface area contributed by atoms with E-state index in [1.54, 1.807) is 18.5 Å². The normalized spacial score (nSPS) is 12.3. The number of nitrogens with zero attached hydrogens (tertiary/aromatic N) is 2. The summed E-state index contributed by atoms with van der Waals surface area (Å²) in [4.78, 5) is 8.70.